The number of sulfonamides is 1. The summed E-state index contributed by atoms with van der Waals surface area (Å²) in [7, 11) is -3.15. The topological polar surface area (TPSA) is 95.5 Å². The van der Waals surface area contributed by atoms with Gasteiger partial charge < -0.3 is 10.6 Å². The molecular weight excluding hydrogens is 322 g/mol. The van der Waals surface area contributed by atoms with Gasteiger partial charge in [0.2, 0.25) is 10.0 Å². The molecule has 3 N–H and O–H groups in total. The quantitative estimate of drug-likeness (QED) is 0.340. The van der Waals surface area contributed by atoms with Gasteiger partial charge in [-0.05, 0) is 13.3 Å². The molecule has 0 amide bonds. The molecule has 7 nitrogen and oxygen atoms in total. The molecule has 0 saturated carbocycles. The van der Waals surface area contributed by atoms with Gasteiger partial charge in [0, 0.05) is 37.1 Å². The highest BCUT2D eigenvalue weighted by atomic mass is 32.2. The molecule has 0 aliphatic heterocycles. The van der Waals surface area contributed by atoms with Crippen LogP contribution in [0.4, 0.5) is 0 Å². The molecule has 9 heteroatoms. The number of hydrogen-bond donors (Lipinski definition) is 3. The lowest BCUT2D eigenvalue weighted by atomic mass is 10.4. The van der Waals surface area contributed by atoms with Gasteiger partial charge in [-0.15, -0.1) is 11.3 Å². The van der Waals surface area contributed by atoms with Gasteiger partial charge >= 0.3 is 0 Å². The fourth-order valence-electron chi connectivity index (χ4n) is 1.66. The standard InChI is InChI=1S/C13H25N5O2S2/c1-4-11-10-17-12(21-11)6-7-15-13(14-5-2)16-8-9-18-22(3,19)20/h10,18H,4-9H2,1-3H3,(H2,14,15,16). The van der Waals surface area contributed by atoms with E-state index in [0.717, 1.165) is 37.2 Å². The number of aromatic nitrogens is 1. The number of rotatable bonds is 9. The highest BCUT2D eigenvalue weighted by molar-refractivity contribution is 7.88. The summed E-state index contributed by atoms with van der Waals surface area (Å²) in [5.41, 5.74) is 0. The Balaban J connectivity index is 2.36. The van der Waals surface area contributed by atoms with Gasteiger partial charge in [-0.3, -0.25) is 4.99 Å². The Bertz CT molecular complexity index is 569. The first-order chi connectivity index (χ1) is 10.4. The maximum Gasteiger partial charge on any atom is 0.208 e. The Labute approximate surface area is 136 Å². The molecule has 0 aromatic carbocycles. The summed E-state index contributed by atoms with van der Waals surface area (Å²) >= 11 is 1.73. The number of thiazole rings is 1. The van der Waals surface area contributed by atoms with E-state index in [4.69, 9.17) is 0 Å². The van der Waals surface area contributed by atoms with Crippen molar-refractivity contribution in [3.8, 4) is 0 Å². The number of guanidine groups is 1. The van der Waals surface area contributed by atoms with Crippen LogP contribution in [-0.4, -0.2) is 51.8 Å². The molecule has 0 bridgehead atoms. The van der Waals surface area contributed by atoms with Crippen LogP contribution >= 0.6 is 11.3 Å². The van der Waals surface area contributed by atoms with Crippen LogP contribution in [0.15, 0.2) is 11.2 Å². The van der Waals surface area contributed by atoms with Crippen LogP contribution in [0.3, 0.4) is 0 Å². The Morgan fingerprint density at radius 3 is 2.68 bits per heavy atom. The van der Waals surface area contributed by atoms with Crippen LogP contribution in [0.1, 0.15) is 23.7 Å². The van der Waals surface area contributed by atoms with Crippen LogP contribution in [-0.2, 0) is 22.9 Å². The van der Waals surface area contributed by atoms with E-state index in [2.05, 4.69) is 32.3 Å². The van der Waals surface area contributed by atoms with Gasteiger partial charge in [0.25, 0.3) is 0 Å². The molecule has 0 spiro atoms. The zero-order chi connectivity index (χ0) is 16.4. The van der Waals surface area contributed by atoms with Crippen molar-refractivity contribution < 1.29 is 8.42 Å². The third-order valence-electron chi connectivity index (χ3n) is 2.67. The van der Waals surface area contributed by atoms with Crippen LogP contribution in [0.25, 0.3) is 0 Å². The number of nitrogens with zero attached hydrogens (tertiary/aromatic N) is 2. The lowest BCUT2D eigenvalue weighted by Crippen LogP contribution is -2.39. The van der Waals surface area contributed by atoms with Crippen molar-refractivity contribution in [2.75, 3.05) is 32.4 Å². The van der Waals surface area contributed by atoms with Crippen molar-refractivity contribution in [1.82, 2.24) is 20.3 Å². The second kappa shape index (κ2) is 9.75. The van der Waals surface area contributed by atoms with Crippen molar-refractivity contribution in [2.45, 2.75) is 26.7 Å². The van der Waals surface area contributed by atoms with Crippen LogP contribution in [0.5, 0.6) is 0 Å². The molecule has 1 rings (SSSR count). The number of hydrogen-bond acceptors (Lipinski definition) is 5. The van der Waals surface area contributed by atoms with Crippen molar-refractivity contribution in [1.29, 1.82) is 0 Å². The molecule has 0 atom stereocenters. The molecule has 1 heterocycles. The van der Waals surface area contributed by atoms with Gasteiger partial charge in [-0.2, -0.15) is 0 Å². The second-order valence-corrected chi connectivity index (χ2v) is 7.71. The molecule has 22 heavy (non-hydrogen) atoms. The van der Waals surface area contributed by atoms with E-state index in [1.807, 2.05) is 13.1 Å². The smallest absolute Gasteiger partial charge is 0.208 e. The Kier molecular flexibility index (Phi) is 8.36. The fraction of sp³-hybridized carbons (Fsp3) is 0.692. The van der Waals surface area contributed by atoms with E-state index in [1.165, 1.54) is 4.88 Å². The molecular formula is C13H25N5O2S2. The van der Waals surface area contributed by atoms with Crippen LogP contribution in [0.2, 0.25) is 0 Å². The van der Waals surface area contributed by atoms with Crippen LogP contribution in [0, 0.1) is 0 Å². The molecule has 0 unspecified atom stereocenters. The number of aliphatic imine (C=N–C) groups is 1. The van der Waals surface area contributed by atoms with Crippen molar-refractivity contribution in [2.24, 2.45) is 4.99 Å². The predicted octanol–water partition coefficient (Wildman–Crippen LogP) is 0.352. The van der Waals surface area contributed by atoms with E-state index >= 15 is 0 Å². The third kappa shape index (κ3) is 8.30. The van der Waals surface area contributed by atoms with E-state index < -0.39 is 10.0 Å². The number of nitrogens with one attached hydrogen (secondary N) is 3. The molecule has 126 valence electrons. The first-order valence-corrected chi connectivity index (χ1v) is 10.1. The summed E-state index contributed by atoms with van der Waals surface area (Å²) in [6.07, 6.45) is 4.92. The van der Waals surface area contributed by atoms with E-state index in [1.54, 1.807) is 11.3 Å². The van der Waals surface area contributed by atoms with Crippen molar-refractivity contribution in [3.05, 3.63) is 16.1 Å². The molecule has 0 aliphatic rings. The summed E-state index contributed by atoms with van der Waals surface area (Å²) in [6, 6.07) is 0. The highest BCUT2D eigenvalue weighted by Gasteiger charge is 2.02. The molecule has 1 aromatic rings. The minimum Gasteiger partial charge on any atom is -0.357 e. The predicted molar refractivity (Wildman–Crippen MR) is 92.0 cm³/mol. The largest absolute Gasteiger partial charge is 0.357 e. The van der Waals surface area contributed by atoms with Gasteiger partial charge in [0.15, 0.2) is 5.96 Å². The average molecular weight is 348 g/mol. The first-order valence-electron chi connectivity index (χ1n) is 7.35. The Morgan fingerprint density at radius 1 is 1.32 bits per heavy atom. The maximum absolute atomic E-state index is 11.0. The van der Waals surface area contributed by atoms with E-state index in [9.17, 15) is 8.42 Å². The summed E-state index contributed by atoms with van der Waals surface area (Å²) in [6.45, 7) is 6.28. The van der Waals surface area contributed by atoms with E-state index in [-0.39, 0.29) is 0 Å². The van der Waals surface area contributed by atoms with Gasteiger partial charge in [-0.25, -0.2) is 18.1 Å². The average Bonchev–Trinajstić information content (AvgIpc) is 2.90. The minimum atomic E-state index is -3.15. The molecule has 1 aromatic heterocycles. The Hall–Kier alpha value is -1.19. The third-order valence-corrected chi connectivity index (χ3v) is 4.60. The minimum absolute atomic E-state index is 0.293. The second-order valence-electron chi connectivity index (χ2n) is 4.68. The summed E-state index contributed by atoms with van der Waals surface area (Å²) in [4.78, 5) is 9.99. The van der Waals surface area contributed by atoms with Gasteiger partial charge in [0.05, 0.1) is 17.8 Å². The molecule has 0 radical (unpaired) electrons. The maximum atomic E-state index is 11.0. The molecule has 0 saturated heterocycles. The summed E-state index contributed by atoms with van der Waals surface area (Å²) in [5.74, 6) is 0.685. The zero-order valence-electron chi connectivity index (χ0n) is 13.3. The number of aryl methyl sites for hydroxylation is 1. The van der Waals surface area contributed by atoms with Crippen molar-refractivity contribution in [3.63, 3.8) is 0 Å². The summed E-state index contributed by atoms with van der Waals surface area (Å²) in [5, 5.41) is 7.46. The molecule has 0 aliphatic carbocycles. The fourth-order valence-corrected chi connectivity index (χ4v) is 2.98. The normalized spacial score (nSPS) is 12.4. The van der Waals surface area contributed by atoms with E-state index in [0.29, 0.717) is 19.0 Å². The lowest BCUT2D eigenvalue weighted by Gasteiger charge is -2.10. The van der Waals surface area contributed by atoms with Gasteiger partial charge in [0.1, 0.15) is 0 Å². The first kappa shape index (κ1) is 18.9. The Morgan fingerprint density at radius 2 is 2.09 bits per heavy atom. The zero-order valence-corrected chi connectivity index (χ0v) is 15.0. The summed E-state index contributed by atoms with van der Waals surface area (Å²) < 4.78 is 24.3. The van der Waals surface area contributed by atoms with Crippen LogP contribution < -0.4 is 15.4 Å². The van der Waals surface area contributed by atoms with Gasteiger partial charge in [-0.1, -0.05) is 6.92 Å². The SMILES string of the molecule is CCNC(=NCCNS(C)(=O)=O)NCCc1ncc(CC)s1. The highest BCUT2D eigenvalue weighted by Crippen LogP contribution is 2.13. The monoisotopic (exact) mass is 347 g/mol. The lowest BCUT2D eigenvalue weighted by molar-refractivity contribution is 0.588. The van der Waals surface area contributed by atoms with Crippen molar-refractivity contribution >= 4 is 27.3 Å². The molecule has 0 fully saturated rings.